The van der Waals surface area contributed by atoms with E-state index in [1.54, 1.807) is 4.90 Å². The van der Waals surface area contributed by atoms with E-state index in [4.69, 9.17) is 0 Å². The Bertz CT molecular complexity index is 1400. The summed E-state index contributed by atoms with van der Waals surface area (Å²) in [4.78, 5) is 36.6. The molecular weight excluding hydrogens is 436 g/mol. The summed E-state index contributed by atoms with van der Waals surface area (Å²) >= 11 is 0. The third-order valence-corrected chi connectivity index (χ3v) is 7.30. The lowest BCUT2D eigenvalue weighted by Gasteiger charge is -2.34. The summed E-state index contributed by atoms with van der Waals surface area (Å²) in [5.41, 5.74) is 5.72. The Balaban J connectivity index is 1.48. The van der Waals surface area contributed by atoms with Crippen molar-refractivity contribution < 1.29 is 9.59 Å². The summed E-state index contributed by atoms with van der Waals surface area (Å²) in [7, 11) is 2.07. The zero-order valence-electron chi connectivity index (χ0n) is 19.8. The zero-order chi connectivity index (χ0) is 23.9. The predicted octanol–water partition coefficient (Wildman–Crippen LogP) is 4.15. The maximum Gasteiger partial charge on any atom is 0.255 e. The Morgan fingerprint density at radius 2 is 1.57 bits per heavy atom. The number of likely N-dealkylation sites (N-methyl/N-ethyl adjacent to an activating group) is 1. The smallest absolute Gasteiger partial charge is 0.255 e. The Hall–Kier alpha value is -3.90. The van der Waals surface area contributed by atoms with Gasteiger partial charge in [0.15, 0.2) is 0 Å². The van der Waals surface area contributed by atoms with Crippen LogP contribution in [0.25, 0.3) is 22.2 Å². The highest BCUT2D eigenvalue weighted by molar-refractivity contribution is 6.03. The Morgan fingerprint density at radius 3 is 2.37 bits per heavy atom. The van der Waals surface area contributed by atoms with Gasteiger partial charge in [0.05, 0.1) is 11.7 Å². The van der Waals surface area contributed by atoms with Crippen molar-refractivity contribution in [3.8, 4) is 11.3 Å². The number of piperazine rings is 1. The van der Waals surface area contributed by atoms with E-state index in [1.807, 2.05) is 59.5 Å². The summed E-state index contributed by atoms with van der Waals surface area (Å²) < 4.78 is 0. The van der Waals surface area contributed by atoms with Crippen molar-refractivity contribution in [1.82, 2.24) is 19.7 Å². The number of nitrogens with one attached hydrogen (secondary N) is 1. The molecule has 6 rings (SSSR count). The van der Waals surface area contributed by atoms with Gasteiger partial charge in [-0.3, -0.25) is 9.59 Å². The van der Waals surface area contributed by atoms with Crippen molar-refractivity contribution in [3.05, 3.63) is 95.6 Å². The van der Waals surface area contributed by atoms with Crippen LogP contribution >= 0.6 is 0 Å². The SMILES string of the molecule is CN1CCN(C(=O)CN2C(=O)c3ccccc3[C@@H]2c2c(-c3ccccc3)[nH]c3ccccc23)CC1. The molecule has 3 heterocycles. The number of H-pyrrole nitrogens is 1. The number of carbonyl (C=O) groups excluding carboxylic acids is 2. The van der Waals surface area contributed by atoms with E-state index in [0.717, 1.165) is 46.4 Å². The Kier molecular flexibility index (Phi) is 5.38. The van der Waals surface area contributed by atoms with Gasteiger partial charge in [-0.25, -0.2) is 0 Å². The van der Waals surface area contributed by atoms with Crippen LogP contribution in [0.5, 0.6) is 0 Å². The van der Waals surface area contributed by atoms with Gasteiger partial charge in [-0.2, -0.15) is 0 Å². The first-order valence-corrected chi connectivity index (χ1v) is 12.1. The zero-order valence-corrected chi connectivity index (χ0v) is 19.8. The number of rotatable bonds is 4. The van der Waals surface area contributed by atoms with E-state index in [1.165, 1.54) is 0 Å². The quantitative estimate of drug-likeness (QED) is 0.494. The van der Waals surface area contributed by atoms with Crippen LogP contribution in [-0.4, -0.2) is 71.3 Å². The van der Waals surface area contributed by atoms with E-state index in [2.05, 4.69) is 41.2 Å². The summed E-state index contributed by atoms with van der Waals surface area (Å²) in [5, 5.41) is 1.07. The number of benzene rings is 3. The maximum absolute atomic E-state index is 13.7. The average molecular weight is 465 g/mol. The third-order valence-electron chi connectivity index (χ3n) is 7.30. The Morgan fingerprint density at radius 1 is 0.886 bits per heavy atom. The van der Waals surface area contributed by atoms with Gasteiger partial charge in [-0.05, 0) is 30.3 Å². The normalized spacial score (nSPS) is 18.3. The molecule has 1 N–H and O–H groups in total. The van der Waals surface area contributed by atoms with Crippen LogP contribution in [0.2, 0.25) is 0 Å². The molecule has 2 aliphatic heterocycles. The van der Waals surface area contributed by atoms with Gasteiger partial charge < -0.3 is 19.7 Å². The largest absolute Gasteiger partial charge is 0.354 e. The van der Waals surface area contributed by atoms with Crippen molar-refractivity contribution >= 4 is 22.7 Å². The molecule has 35 heavy (non-hydrogen) atoms. The van der Waals surface area contributed by atoms with Crippen molar-refractivity contribution in [2.75, 3.05) is 39.8 Å². The molecule has 0 radical (unpaired) electrons. The first-order valence-electron chi connectivity index (χ1n) is 12.1. The molecule has 4 aromatic rings. The highest BCUT2D eigenvalue weighted by atomic mass is 16.2. The molecule has 1 saturated heterocycles. The topological polar surface area (TPSA) is 59.6 Å². The van der Waals surface area contributed by atoms with Gasteiger partial charge in [0, 0.05) is 48.2 Å². The molecule has 1 aromatic heterocycles. The third kappa shape index (κ3) is 3.70. The maximum atomic E-state index is 13.7. The number of para-hydroxylation sites is 1. The number of fused-ring (bicyclic) bond motifs is 2. The van der Waals surface area contributed by atoms with E-state index >= 15 is 0 Å². The lowest BCUT2D eigenvalue weighted by Crippen LogP contribution is -2.50. The van der Waals surface area contributed by atoms with Crippen LogP contribution in [0.1, 0.15) is 27.5 Å². The molecule has 3 aromatic carbocycles. The standard InChI is InChI=1S/C29H28N4O2/c1-31-15-17-32(18-16-31)25(34)19-33-28(21-11-5-6-12-22(21)29(33)35)26-23-13-7-8-14-24(23)30-27(26)20-9-3-2-4-10-20/h2-14,28,30H,15-19H2,1H3/t28-/m1/s1. The van der Waals surface area contributed by atoms with E-state index in [0.29, 0.717) is 18.7 Å². The van der Waals surface area contributed by atoms with Crippen LogP contribution in [0.15, 0.2) is 78.9 Å². The number of hydrogen-bond donors (Lipinski definition) is 1. The molecule has 0 spiro atoms. The summed E-state index contributed by atoms with van der Waals surface area (Å²) in [5.74, 6) is -0.0808. The molecule has 6 heteroatoms. The minimum atomic E-state index is -0.346. The molecule has 2 amide bonds. The fraction of sp³-hybridized carbons (Fsp3) is 0.241. The number of aromatic nitrogens is 1. The monoisotopic (exact) mass is 464 g/mol. The van der Waals surface area contributed by atoms with Gasteiger partial charge in [0.1, 0.15) is 6.54 Å². The highest BCUT2D eigenvalue weighted by Gasteiger charge is 2.41. The number of amides is 2. The molecule has 176 valence electrons. The van der Waals surface area contributed by atoms with Crippen LogP contribution < -0.4 is 0 Å². The first-order chi connectivity index (χ1) is 17.1. The fourth-order valence-corrected chi connectivity index (χ4v) is 5.43. The van der Waals surface area contributed by atoms with Crippen molar-refractivity contribution in [2.45, 2.75) is 6.04 Å². The molecule has 0 saturated carbocycles. The van der Waals surface area contributed by atoms with E-state index in [-0.39, 0.29) is 24.4 Å². The summed E-state index contributed by atoms with van der Waals surface area (Å²) in [6, 6.07) is 25.8. The van der Waals surface area contributed by atoms with Crippen molar-refractivity contribution in [2.24, 2.45) is 0 Å². The van der Waals surface area contributed by atoms with Crippen LogP contribution in [0, 0.1) is 0 Å². The molecule has 6 nitrogen and oxygen atoms in total. The number of hydrogen-bond acceptors (Lipinski definition) is 3. The predicted molar refractivity (Wildman–Crippen MR) is 137 cm³/mol. The molecular formula is C29H28N4O2. The van der Waals surface area contributed by atoms with Gasteiger partial charge in [0.25, 0.3) is 5.91 Å². The van der Waals surface area contributed by atoms with Crippen LogP contribution in [0.4, 0.5) is 0 Å². The van der Waals surface area contributed by atoms with Crippen LogP contribution in [-0.2, 0) is 4.79 Å². The number of aromatic amines is 1. The fourth-order valence-electron chi connectivity index (χ4n) is 5.43. The molecule has 0 unspecified atom stereocenters. The second kappa shape index (κ2) is 8.71. The van der Waals surface area contributed by atoms with Gasteiger partial charge >= 0.3 is 0 Å². The highest BCUT2D eigenvalue weighted by Crippen LogP contribution is 2.45. The van der Waals surface area contributed by atoms with Crippen molar-refractivity contribution in [1.29, 1.82) is 0 Å². The van der Waals surface area contributed by atoms with E-state index < -0.39 is 0 Å². The summed E-state index contributed by atoms with van der Waals surface area (Å²) in [6.45, 7) is 3.15. The Labute approximate surface area is 204 Å². The molecule has 0 bridgehead atoms. The minimum Gasteiger partial charge on any atom is -0.354 e. The molecule has 2 aliphatic rings. The lowest BCUT2D eigenvalue weighted by atomic mass is 9.93. The number of carbonyl (C=O) groups is 2. The number of nitrogens with zero attached hydrogens (tertiary/aromatic N) is 3. The summed E-state index contributed by atoms with van der Waals surface area (Å²) in [6.07, 6.45) is 0. The second-order valence-electron chi connectivity index (χ2n) is 9.43. The van der Waals surface area contributed by atoms with Gasteiger partial charge in [-0.1, -0.05) is 66.7 Å². The van der Waals surface area contributed by atoms with Gasteiger partial charge in [-0.15, -0.1) is 0 Å². The minimum absolute atomic E-state index is 0.00496. The molecule has 0 aliphatic carbocycles. The van der Waals surface area contributed by atoms with Crippen LogP contribution in [0.3, 0.4) is 0 Å². The van der Waals surface area contributed by atoms with E-state index in [9.17, 15) is 9.59 Å². The molecule has 1 fully saturated rings. The van der Waals surface area contributed by atoms with Gasteiger partial charge in [0.2, 0.25) is 5.91 Å². The average Bonchev–Trinajstić information content (AvgIpc) is 3.40. The second-order valence-corrected chi connectivity index (χ2v) is 9.43. The lowest BCUT2D eigenvalue weighted by molar-refractivity contribution is -0.133. The first kappa shape index (κ1) is 21.6. The van der Waals surface area contributed by atoms with Crippen molar-refractivity contribution in [3.63, 3.8) is 0 Å². The molecule has 1 atom stereocenters.